The lowest BCUT2D eigenvalue weighted by Crippen LogP contribution is -2.43. The Kier molecular flexibility index (Phi) is 8.40. The highest BCUT2D eigenvalue weighted by Gasteiger charge is 2.35. The number of nitrogens with one attached hydrogen (secondary N) is 1. The maximum Gasteiger partial charge on any atom is 0.325 e. The first-order valence-corrected chi connectivity index (χ1v) is 12.9. The van der Waals surface area contributed by atoms with Crippen LogP contribution < -0.4 is 11.1 Å². The first-order valence-electron chi connectivity index (χ1n) is 11.0. The summed E-state index contributed by atoms with van der Waals surface area (Å²) in [6.07, 6.45) is -0.207. The van der Waals surface area contributed by atoms with Gasteiger partial charge in [-0.25, -0.2) is 0 Å². The van der Waals surface area contributed by atoms with Crippen molar-refractivity contribution in [1.82, 2.24) is 5.32 Å². The molecule has 0 saturated heterocycles. The Morgan fingerprint density at radius 2 is 1.44 bits per heavy atom. The summed E-state index contributed by atoms with van der Waals surface area (Å²) in [5, 5.41) is 11.6. The average Bonchev–Trinajstić information content (AvgIpc) is 2.84. The minimum absolute atomic E-state index is 0.166. The highest BCUT2D eigenvalue weighted by atomic mass is 31.2. The number of carbonyl (C=O) groups excluding carboxylic acids is 1. The van der Waals surface area contributed by atoms with Gasteiger partial charge in [0.15, 0.2) is 0 Å². The van der Waals surface area contributed by atoms with Crippen molar-refractivity contribution < 1.29 is 24.2 Å². The molecule has 0 aliphatic heterocycles. The number of nitrogens with two attached hydrogens (primary N) is 1. The fourth-order valence-corrected chi connectivity index (χ4v) is 5.49. The Labute approximate surface area is 199 Å². The molecule has 0 fully saturated rings. The largest absolute Gasteiger partial charge is 0.480 e. The summed E-state index contributed by atoms with van der Waals surface area (Å²) in [6, 6.07) is 24.8. The molecule has 0 heterocycles. The van der Waals surface area contributed by atoms with Crippen molar-refractivity contribution >= 4 is 19.2 Å². The zero-order valence-electron chi connectivity index (χ0n) is 18.9. The Morgan fingerprint density at radius 1 is 0.912 bits per heavy atom. The molecule has 0 aliphatic rings. The number of amides is 1. The second-order valence-corrected chi connectivity index (χ2v) is 10.8. The standard InChI is InChI=1S/C26H29N2O5P/c1-18(26(30)31)28-25(29)23(17-34(32,33)24(27)22-10-6-3-7-11-22)16-19-12-14-21(15-13-19)20-8-4-2-5-9-20/h2-15,18,23-24H,16-17,27H2,1H3,(H,28,29)(H,30,31)(H,32,33)/t18-,23+,24-/m0/s1. The predicted octanol–water partition coefficient (Wildman–Crippen LogP) is 4.03. The van der Waals surface area contributed by atoms with E-state index in [0.29, 0.717) is 5.56 Å². The fraction of sp³-hybridized carbons (Fsp3) is 0.231. The van der Waals surface area contributed by atoms with Crippen molar-refractivity contribution in [2.75, 3.05) is 6.16 Å². The number of carboxylic acid groups (broad SMARTS) is 1. The Hall–Kier alpha value is -3.25. The molecule has 1 unspecified atom stereocenters. The normalized spacial score (nSPS) is 15.5. The third-order valence-electron chi connectivity index (χ3n) is 5.70. The molecule has 0 aliphatic carbocycles. The summed E-state index contributed by atoms with van der Waals surface area (Å²) in [4.78, 5) is 35.0. The molecule has 8 heteroatoms. The van der Waals surface area contributed by atoms with Gasteiger partial charge in [-0.2, -0.15) is 0 Å². The molecule has 0 aromatic heterocycles. The highest BCUT2D eigenvalue weighted by Crippen LogP contribution is 2.54. The van der Waals surface area contributed by atoms with Gasteiger partial charge in [0.05, 0.1) is 5.92 Å². The first kappa shape index (κ1) is 25.4. The van der Waals surface area contributed by atoms with E-state index in [1.165, 1.54) is 6.92 Å². The van der Waals surface area contributed by atoms with Gasteiger partial charge in [-0.05, 0) is 35.6 Å². The quantitative estimate of drug-likeness (QED) is 0.324. The van der Waals surface area contributed by atoms with Crippen molar-refractivity contribution in [1.29, 1.82) is 0 Å². The molecule has 1 amide bonds. The number of hydrogen-bond acceptors (Lipinski definition) is 4. The van der Waals surface area contributed by atoms with E-state index in [4.69, 9.17) is 5.73 Å². The number of rotatable bonds is 10. The summed E-state index contributed by atoms with van der Waals surface area (Å²) in [7, 11) is -4.01. The summed E-state index contributed by atoms with van der Waals surface area (Å²) in [5.41, 5.74) is 9.45. The molecular weight excluding hydrogens is 451 g/mol. The van der Waals surface area contributed by atoms with E-state index in [1.807, 2.05) is 54.6 Å². The van der Waals surface area contributed by atoms with Gasteiger partial charge in [0.2, 0.25) is 13.3 Å². The lowest BCUT2D eigenvalue weighted by Gasteiger charge is -2.25. The second kappa shape index (κ2) is 11.3. The van der Waals surface area contributed by atoms with Crippen LogP contribution in [0.15, 0.2) is 84.9 Å². The summed E-state index contributed by atoms with van der Waals surface area (Å²) < 4.78 is 13.2. The topological polar surface area (TPSA) is 130 Å². The molecule has 3 aromatic rings. The molecule has 0 radical (unpaired) electrons. The van der Waals surface area contributed by atoms with E-state index in [1.54, 1.807) is 30.3 Å². The van der Waals surface area contributed by atoms with Gasteiger partial charge >= 0.3 is 5.97 Å². The van der Waals surface area contributed by atoms with Gasteiger partial charge in [0.1, 0.15) is 11.8 Å². The lowest BCUT2D eigenvalue weighted by atomic mass is 9.97. The molecule has 4 atom stereocenters. The Bertz CT molecular complexity index is 1150. The van der Waals surface area contributed by atoms with E-state index < -0.39 is 37.0 Å². The van der Waals surface area contributed by atoms with Crippen LogP contribution >= 0.6 is 7.37 Å². The molecule has 3 aromatic carbocycles. The number of carbonyl (C=O) groups is 2. The van der Waals surface area contributed by atoms with Crippen LogP contribution in [0.5, 0.6) is 0 Å². The van der Waals surface area contributed by atoms with Crippen LogP contribution in [0.1, 0.15) is 23.8 Å². The van der Waals surface area contributed by atoms with Gasteiger partial charge in [-0.1, -0.05) is 84.9 Å². The van der Waals surface area contributed by atoms with E-state index in [2.05, 4.69) is 5.32 Å². The number of benzene rings is 3. The number of hydrogen-bond donors (Lipinski definition) is 4. The van der Waals surface area contributed by atoms with E-state index in [-0.39, 0.29) is 12.6 Å². The van der Waals surface area contributed by atoms with Crippen LogP contribution in [0.2, 0.25) is 0 Å². The Morgan fingerprint density at radius 3 is 2.00 bits per heavy atom. The molecule has 0 saturated carbocycles. The maximum atomic E-state index is 13.2. The van der Waals surface area contributed by atoms with E-state index in [9.17, 15) is 24.2 Å². The molecule has 0 bridgehead atoms. The molecule has 0 spiro atoms. The van der Waals surface area contributed by atoms with E-state index in [0.717, 1.165) is 16.7 Å². The SMILES string of the molecule is C[C@H](NC(=O)[C@H](Cc1ccc(-c2ccccc2)cc1)CP(=O)(O)[C@H](N)c1ccccc1)C(=O)O. The zero-order chi connectivity index (χ0) is 24.7. The predicted molar refractivity (Wildman–Crippen MR) is 132 cm³/mol. The molecule has 34 heavy (non-hydrogen) atoms. The van der Waals surface area contributed by atoms with Gasteiger partial charge in [-0.3, -0.25) is 14.2 Å². The van der Waals surface area contributed by atoms with Crippen molar-refractivity contribution in [2.24, 2.45) is 11.7 Å². The van der Waals surface area contributed by atoms with Crippen LogP contribution in [0.3, 0.4) is 0 Å². The average molecular weight is 481 g/mol. The molecule has 3 rings (SSSR count). The van der Waals surface area contributed by atoms with E-state index >= 15 is 0 Å². The zero-order valence-corrected chi connectivity index (χ0v) is 19.8. The molecular formula is C26H29N2O5P. The molecule has 7 nitrogen and oxygen atoms in total. The maximum absolute atomic E-state index is 13.2. The van der Waals surface area contributed by atoms with Crippen LogP contribution in [0.4, 0.5) is 0 Å². The lowest BCUT2D eigenvalue weighted by molar-refractivity contribution is -0.141. The third-order valence-corrected chi connectivity index (χ3v) is 7.83. The highest BCUT2D eigenvalue weighted by molar-refractivity contribution is 7.58. The Balaban J connectivity index is 1.82. The van der Waals surface area contributed by atoms with Crippen molar-refractivity contribution in [2.45, 2.75) is 25.2 Å². The number of carboxylic acids is 1. The van der Waals surface area contributed by atoms with Gasteiger partial charge in [0, 0.05) is 6.16 Å². The van der Waals surface area contributed by atoms with Crippen LogP contribution in [0, 0.1) is 5.92 Å². The summed E-state index contributed by atoms with van der Waals surface area (Å²) >= 11 is 0. The smallest absolute Gasteiger partial charge is 0.325 e. The number of aliphatic carboxylic acids is 1. The molecule has 178 valence electrons. The second-order valence-electron chi connectivity index (χ2n) is 8.33. The van der Waals surface area contributed by atoms with Crippen molar-refractivity contribution in [3.8, 4) is 11.1 Å². The van der Waals surface area contributed by atoms with Gasteiger partial charge in [-0.15, -0.1) is 0 Å². The van der Waals surface area contributed by atoms with Crippen LogP contribution in [0.25, 0.3) is 11.1 Å². The summed E-state index contributed by atoms with van der Waals surface area (Å²) in [6.45, 7) is 1.35. The summed E-state index contributed by atoms with van der Waals surface area (Å²) in [5.74, 6) is -3.87. The van der Waals surface area contributed by atoms with Crippen LogP contribution in [-0.4, -0.2) is 34.1 Å². The fourth-order valence-electron chi connectivity index (χ4n) is 3.69. The minimum Gasteiger partial charge on any atom is -0.480 e. The van der Waals surface area contributed by atoms with Gasteiger partial charge < -0.3 is 21.1 Å². The monoisotopic (exact) mass is 480 g/mol. The third kappa shape index (κ3) is 6.64. The van der Waals surface area contributed by atoms with Gasteiger partial charge in [0.25, 0.3) is 0 Å². The van der Waals surface area contributed by atoms with Crippen molar-refractivity contribution in [3.05, 3.63) is 96.1 Å². The van der Waals surface area contributed by atoms with Crippen molar-refractivity contribution in [3.63, 3.8) is 0 Å². The van der Waals surface area contributed by atoms with Crippen LogP contribution in [-0.2, 0) is 20.6 Å². The minimum atomic E-state index is -4.01. The first-order chi connectivity index (χ1) is 16.2. The molecule has 5 N–H and O–H groups in total.